The summed E-state index contributed by atoms with van der Waals surface area (Å²) in [5.41, 5.74) is 7.64. The van der Waals surface area contributed by atoms with E-state index < -0.39 is 0 Å². The Bertz CT molecular complexity index is 673. The van der Waals surface area contributed by atoms with Crippen LogP contribution in [0.5, 0.6) is 0 Å². The molecule has 1 amide bonds. The Hall–Kier alpha value is -2.01. The minimum atomic E-state index is -0.156. The molecular weight excluding hydrogens is 266 g/mol. The van der Waals surface area contributed by atoms with E-state index in [2.05, 4.69) is 12.2 Å². The number of aliphatic hydroxyl groups is 1. The molecule has 1 unspecified atom stereocenters. The van der Waals surface area contributed by atoms with Crippen molar-refractivity contribution in [3.63, 3.8) is 0 Å². The van der Waals surface area contributed by atoms with E-state index in [0.717, 1.165) is 23.7 Å². The molecular formula is C16H21N3O2. The lowest BCUT2D eigenvalue weighted by atomic mass is 10.00. The number of nitrogens with one attached hydrogen (secondary N) is 1. The Morgan fingerprint density at radius 1 is 1.48 bits per heavy atom. The van der Waals surface area contributed by atoms with Crippen LogP contribution in [0.4, 0.5) is 5.69 Å². The quantitative estimate of drug-likeness (QED) is 0.729. The summed E-state index contributed by atoms with van der Waals surface area (Å²) in [5, 5.41) is 13.3. The molecule has 1 aromatic heterocycles. The van der Waals surface area contributed by atoms with Crippen molar-refractivity contribution in [2.24, 2.45) is 5.41 Å². The largest absolute Gasteiger partial charge is 0.398 e. The Labute approximate surface area is 123 Å². The molecule has 1 saturated carbocycles. The fourth-order valence-corrected chi connectivity index (χ4v) is 2.77. The van der Waals surface area contributed by atoms with Gasteiger partial charge in [-0.25, -0.2) is 0 Å². The highest BCUT2D eigenvalue weighted by Crippen LogP contribution is 2.47. The highest BCUT2D eigenvalue weighted by Gasteiger charge is 2.45. The molecule has 112 valence electrons. The van der Waals surface area contributed by atoms with Gasteiger partial charge in [0.1, 0.15) is 6.54 Å². The second-order valence-electron chi connectivity index (χ2n) is 6.18. The number of carbonyl (C=O) groups excluding carboxylic acids is 1. The fourth-order valence-electron chi connectivity index (χ4n) is 2.77. The predicted octanol–water partition coefficient (Wildman–Crippen LogP) is 1.50. The fraction of sp³-hybridized carbons (Fsp3) is 0.438. The van der Waals surface area contributed by atoms with E-state index in [1.165, 1.54) is 0 Å². The first-order chi connectivity index (χ1) is 10.0. The van der Waals surface area contributed by atoms with E-state index in [4.69, 9.17) is 5.73 Å². The second kappa shape index (κ2) is 5.07. The molecule has 0 saturated heterocycles. The summed E-state index contributed by atoms with van der Waals surface area (Å²) in [6, 6.07) is 7.45. The van der Waals surface area contributed by atoms with Gasteiger partial charge in [-0.05, 0) is 36.5 Å². The number of carbonyl (C=O) groups is 1. The van der Waals surface area contributed by atoms with E-state index in [-0.39, 0.29) is 30.5 Å². The van der Waals surface area contributed by atoms with Crippen molar-refractivity contribution in [3.8, 4) is 0 Å². The first kappa shape index (κ1) is 13.9. The van der Waals surface area contributed by atoms with Crippen molar-refractivity contribution in [1.29, 1.82) is 0 Å². The minimum absolute atomic E-state index is 0.0123. The smallest absolute Gasteiger partial charge is 0.240 e. The monoisotopic (exact) mass is 287 g/mol. The van der Waals surface area contributed by atoms with Gasteiger partial charge in [0.05, 0.1) is 18.2 Å². The number of fused-ring (bicyclic) bond motifs is 1. The van der Waals surface area contributed by atoms with Gasteiger partial charge in [0.15, 0.2) is 0 Å². The van der Waals surface area contributed by atoms with Gasteiger partial charge < -0.3 is 20.7 Å². The highest BCUT2D eigenvalue weighted by atomic mass is 16.3. The van der Waals surface area contributed by atoms with Crippen molar-refractivity contribution in [3.05, 3.63) is 30.5 Å². The number of aromatic nitrogens is 1. The zero-order chi connectivity index (χ0) is 15.0. The van der Waals surface area contributed by atoms with Crippen LogP contribution >= 0.6 is 0 Å². The van der Waals surface area contributed by atoms with E-state index >= 15 is 0 Å². The van der Waals surface area contributed by atoms with Gasteiger partial charge in [0.25, 0.3) is 0 Å². The lowest BCUT2D eigenvalue weighted by Crippen LogP contribution is -2.44. The van der Waals surface area contributed by atoms with Crippen LogP contribution in [0.2, 0.25) is 0 Å². The normalized spacial score (nSPS) is 17.6. The molecule has 5 nitrogen and oxygen atoms in total. The number of rotatable bonds is 5. The Balaban J connectivity index is 1.73. The van der Waals surface area contributed by atoms with Crippen molar-refractivity contribution >= 4 is 22.5 Å². The Kier molecular flexibility index (Phi) is 3.37. The van der Waals surface area contributed by atoms with Crippen LogP contribution in [-0.4, -0.2) is 28.2 Å². The maximum absolute atomic E-state index is 12.2. The van der Waals surface area contributed by atoms with Gasteiger partial charge in [-0.3, -0.25) is 4.79 Å². The molecule has 4 N–H and O–H groups in total. The summed E-state index contributed by atoms with van der Waals surface area (Å²) in [7, 11) is 0. The molecule has 0 aliphatic heterocycles. The van der Waals surface area contributed by atoms with Gasteiger partial charge in [-0.2, -0.15) is 0 Å². The standard InChI is InChI=1S/C16H21N3O2/c1-16(6-7-16)14(10-20)18-15(21)9-19-8-5-11-12(17)3-2-4-13(11)19/h2-5,8,14,20H,6-7,9-10,17H2,1H3,(H,18,21). The molecule has 2 aromatic rings. The molecule has 1 fully saturated rings. The van der Waals surface area contributed by atoms with E-state index in [1.54, 1.807) is 0 Å². The average molecular weight is 287 g/mol. The predicted molar refractivity (Wildman–Crippen MR) is 82.7 cm³/mol. The molecule has 1 aliphatic rings. The van der Waals surface area contributed by atoms with Crippen LogP contribution in [0.1, 0.15) is 19.8 Å². The molecule has 0 bridgehead atoms. The van der Waals surface area contributed by atoms with E-state index in [1.807, 2.05) is 35.0 Å². The topological polar surface area (TPSA) is 80.3 Å². The molecule has 1 heterocycles. The van der Waals surface area contributed by atoms with Crippen molar-refractivity contribution < 1.29 is 9.90 Å². The van der Waals surface area contributed by atoms with Gasteiger partial charge in [0, 0.05) is 17.3 Å². The van der Waals surface area contributed by atoms with Crippen molar-refractivity contribution in [2.45, 2.75) is 32.4 Å². The number of nitrogen functional groups attached to an aromatic ring is 1. The van der Waals surface area contributed by atoms with Gasteiger partial charge >= 0.3 is 0 Å². The van der Waals surface area contributed by atoms with Crippen LogP contribution in [0.15, 0.2) is 30.5 Å². The minimum Gasteiger partial charge on any atom is -0.398 e. The van der Waals surface area contributed by atoms with Crippen LogP contribution < -0.4 is 11.1 Å². The summed E-state index contributed by atoms with van der Waals surface area (Å²) < 4.78 is 1.88. The number of hydrogen-bond acceptors (Lipinski definition) is 3. The Morgan fingerprint density at radius 2 is 2.24 bits per heavy atom. The molecule has 0 radical (unpaired) electrons. The van der Waals surface area contributed by atoms with Crippen molar-refractivity contribution in [1.82, 2.24) is 9.88 Å². The third kappa shape index (κ3) is 2.61. The van der Waals surface area contributed by atoms with E-state index in [0.29, 0.717) is 5.69 Å². The highest BCUT2D eigenvalue weighted by molar-refractivity contribution is 5.92. The lowest BCUT2D eigenvalue weighted by molar-refractivity contribution is -0.123. The second-order valence-corrected chi connectivity index (χ2v) is 6.18. The molecule has 3 rings (SSSR count). The van der Waals surface area contributed by atoms with Gasteiger partial charge in [-0.1, -0.05) is 13.0 Å². The van der Waals surface area contributed by atoms with Gasteiger partial charge in [-0.15, -0.1) is 0 Å². The van der Waals surface area contributed by atoms with Crippen LogP contribution in [0.25, 0.3) is 10.9 Å². The molecule has 0 spiro atoms. The number of nitrogens with two attached hydrogens (primary N) is 1. The summed E-state index contributed by atoms with van der Waals surface area (Å²) in [5.74, 6) is -0.0814. The number of hydrogen-bond donors (Lipinski definition) is 3. The maximum Gasteiger partial charge on any atom is 0.240 e. The number of amides is 1. The van der Waals surface area contributed by atoms with Gasteiger partial charge in [0.2, 0.25) is 5.91 Å². The first-order valence-electron chi connectivity index (χ1n) is 7.27. The third-order valence-corrected chi connectivity index (χ3v) is 4.56. The number of anilines is 1. The Morgan fingerprint density at radius 3 is 2.90 bits per heavy atom. The molecule has 1 atom stereocenters. The molecule has 21 heavy (non-hydrogen) atoms. The van der Waals surface area contributed by atoms with Crippen LogP contribution in [-0.2, 0) is 11.3 Å². The number of benzene rings is 1. The number of aliphatic hydroxyl groups excluding tert-OH is 1. The summed E-state index contributed by atoms with van der Waals surface area (Å²) >= 11 is 0. The molecule has 5 heteroatoms. The third-order valence-electron chi connectivity index (χ3n) is 4.56. The summed E-state index contributed by atoms with van der Waals surface area (Å²) in [4.78, 5) is 12.2. The number of nitrogens with zero attached hydrogens (tertiary/aromatic N) is 1. The molecule has 1 aliphatic carbocycles. The summed E-state index contributed by atoms with van der Waals surface area (Å²) in [6.45, 7) is 2.32. The maximum atomic E-state index is 12.2. The summed E-state index contributed by atoms with van der Waals surface area (Å²) in [6.07, 6.45) is 3.98. The first-order valence-corrected chi connectivity index (χ1v) is 7.27. The van der Waals surface area contributed by atoms with E-state index in [9.17, 15) is 9.90 Å². The lowest BCUT2D eigenvalue weighted by Gasteiger charge is -2.22. The van der Waals surface area contributed by atoms with Crippen LogP contribution in [0.3, 0.4) is 0 Å². The zero-order valence-electron chi connectivity index (χ0n) is 12.2. The average Bonchev–Trinajstić information content (AvgIpc) is 3.07. The molecule has 1 aromatic carbocycles. The van der Waals surface area contributed by atoms with Crippen molar-refractivity contribution in [2.75, 3.05) is 12.3 Å². The zero-order valence-corrected chi connectivity index (χ0v) is 12.2. The SMILES string of the molecule is CC1(C(CO)NC(=O)Cn2ccc3c(N)cccc32)CC1. The van der Waals surface area contributed by atoms with Crippen LogP contribution in [0, 0.1) is 5.41 Å².